The normalized spacial score (nSPS) is 22.1. The largest absolute Gasteiger partial charge is 0.480 e. The van der Waals surface area contributed by atoms with Crippen molar-refractivity contribution in [3.63, 3.8) is 0 Å². The van der Waals surface area contributed by atoms with Crippen molar-refractivity contribution in [1.82, 2.24) is 25.0 Å². The number of hydrogen-bond acceptors (Lipinski definition) is 8. The molecule has 1 aliphatic heterocycles. The lowest BCUT2D eigenvalue weighted by Crippen LogP contribution is -2.48. The van der Waals surface area contributed by atoms with Crippen LogP contribution >= 0.6 is 11.6 Å². The lowest BCUT2D eigenvalue weighted by atomic mass is 9.92. The smallest absolute Gasteiger partial charge is 0.321 e. The monoisotopic (exact) mass is 455 g/mol. The first kappa shape index (κ1) is 20.8. The molecule has 1 aliphatic carbocycles. The van der Waals surface area contributed by atoms with Gasteiger partial charge < -0.3 is 19.7 Å². The Morgan fingerprint density at radius 1 is 1.12 bits per heavy atom. The molecule has 3 heterocycles. The fourth-order valence-electron chi connectivity index (χ4n) is 4.82. The zero-order valence-corrected chi connectivity index (χ0v) is 19.1. The summed E-state index contributed by atoms with van der Waals surface area (Å²) in [5.41, 5.74) is 2.08. The van der Waals surface area contributed by atoms with E-state index in [0.29, 0.717) is 46.5 Å². The second kappa shape index (κ2) is 8.46. The first-order valence-electron chi connectivity index (χ1n) is 10.7. The third kappa shape index (κ3) is 4.17. The number of methoxy groups -OCH3 is 1. The molecule has 0 spiro atoms. The Bertz CT molecular complexity index is 1090. The Morgan fingerprint density at radius 2 is 1.91 bits per heavy atom. The van der Waals surface area contributed by atoms with E-state index in [9.17, 15) is 0 Å². The number of fused-ring (bicyclic) bond motifs is 2. The van der Waals surface area contributed by atoms with Crippen LogP contribution in [0, 0.1) is 18.8 Å². The zero-order valence-electron chi connectivity index (χ0n) is 18.3. The summed E-state index contributed by atoms with van der Waals surface area (Å²) in [6.07, 6.45) is 4.15. The van der Waals surface area contributed by atoms with Crippen molar-refractivity contribution in [1.29, 1.82) is 0 Å². The van der Waals surface area contributed by atoms with E-state index in [-0.39, 0.29) is 0 Å². The van der Waals surface area contributed by atoms with Gasteiger partial charge in [-0.1, -0.05) is 11.6 Å². The standard InChI is InChI=1S/C22H26ClN7O2/c1-13-6-16(23)8-18(7-13)32-22-26-21(28-29(22)2)25-20-14-4-5-15(20)12-30(11-14)17-9-19(31-3)27-24-10-17/h6-10,14-15,20H,4-5,11-12H2,1-3H3,(H,25,28). The van der Waals surface area contributed by atoms with Gasteiger partial charge in [0.2, 0.25) is 11.8 Å². The average Bonchev–Trinajstić information content (AvgIpc) is 3.20. The Labute approximate surface area is 191 Å². The van der Waals surface area contributed by atoms with Gasteiger partial charge in [0.15, 0.2) is 0 Å². The van der Waals surface area contributed by atoms with Crippen LogP contribution in [0.3, 0.4) is 0 Å². The molecule has 2 unspecified atom stereocenters. The van der Waals surface area contributed by atoms with Crippen LogP contribution in [0.25, 0.3) is 0 Å². The molecule has 3 aromatic rings. The SMILES string of the molecule is COc1cc(N2CC3CCC(C2)C3Nc2nc(Oc3cc(C)cc(Cl)c3)n(C)n2)cnn1. The highest BCUT2D eigenvalue weighted by atomic mass is 35.5. The van der Waals surface area contributed by atoms with Crippen LogP contribution in [0.5, 0.6) is 17.6 Å². The van der Waals surface area contributed by atoms with Crippen LogP contribution in [-0.2, 0) is 7.05 Å². The first-order chi connectivity index (χ1) is 15.5. The van der Waals surface area contributed by atoms with Crippen LogP contribution in [0.1, 0.15) is 18.4 Å². The van der Waals surface area contributed by atoms with Gasteiger partial charge in [-0.2, -0.15) is 10.1 Å². The number of aryl methyl sites for hydroxylation is 2. The van der Waals surface area contributed by atoms with Crippen LogP contribution in [0.4, 0.5) is 11.6 Å². The molecule has 1 N–H and O–H groups in total. The van der Waals surface area contributed by atoms with Gasteiger partial charge in [0.25, 0.3) is 0 Å². The maximum Gasteiger partial charge on any atom is 0.321 e. The maximum atomic E-state index is 6.15. The second-order valence-electron chi connectivity index (χ2n) is 8.54. The summed E-state index contributed by atoms with van der Waals surface area (Å²) < 4.78 is 12.8. The van der Waals surface area contributed by atoms with E-state index in [1.165, 1.54) is 12.8 Å². The van der Waals surface area contributed by atoms with Crippen molar-refractivity contribution in [3.8, 4) is 17.6 Å². The number of hydrogen-bond donors (Lipinski definition) is 1. The van der Waals surface area contributed by atoms with Gasteiger partial charge in [0.1, 0.15) is 5.75 Å². The molecule has 2 atom stereocenters. The molecule has 1 aromatic carbocycles. The molecular formula is C22H26ClN7O2. The number of ether oxygens (including phenoxy) is 2. The van der Waals surface area contributed by atoms with Gasteiger partial charge >= 0.3 is 6.01 Å². The minimum atomic E-state index is 0.326. The molecule has 5 rings (SSSR count). The molecule has 168 valence electrons. The summed E-state index contributed by atoms with van der Waals surface area (Å²) in [6, 6.07) is 8.28. The van der Waals surface area contributed by atoms with E-state index in [2.05, 4.69) is 30.5 Å². The Kier molecular flexibility index (Phi) is 5.50. The number of nitrogens with zero attached hydrogens (tertiary/aromatic N) is 6. The number of anilines is 2. The quantitative estimate of drug-likeness (QED) is 0.601. The fraction of sp³-hybridized carbons (Fsp3) is 0.455. The van der Waals surface area contributed by atoms with E-state index in [1.54, 1.807) is 24.1 Å². The van der Waals surface area contributed by atoms with E-state index in [0.717, 1.165) is 24.3 Å². The maximum absolute atomic E-state index is 6.15. The number of aromatic nitrogens is 5. The molecule has 0 amide bonds. The summed E-state index contributed by atoms with van der Waals surface area (Å²) in [5, 5.41) is 16.8. The molecule has 2 aromatic heterocycles. The molecule has 1 saturated carbocycles. The second-order valence-corrected chi connectivity index (χ2v) is 8.97. The number of halogens is 1. The van der Waals surface area contributed by atoms with Crippen LogP contribution in [0.15, 0.2) is 30.5 Å². The van der Waals surface area contributed by atoms with Crippen molar-refractivity contribution >= 4 is 23.2 Å². The van der Waals surface area contributed by atoms with Gasteiger partial charge in [-0.25, -0.2) is 4.68 Å². The third-order valence-electron chi connectivity index (χ3n) is 6.27. The molecule has 1 saturated heterocycles. The minimum Gasteiger partial charge on any atom is -0.480 e. The first-order valence-corrected chi connectivity index (χ1v) is 11.1. The zero-order chi connectivity index (χ0) is 22.2. The molecule has 2 aliphatic rings. The Balaban J connectivity index is 1.28. The van der Waals surface area contributed by atoms with E-state index >= 15 is 0 Å². The lowest BCUT2D eigenvalue weighted by molar-refractivity contribution is 0.373. The van der Waals surface area contributed by atoms with Crippen LogP contribution < -0.4 is 19.7 Å². The third-order valence-corrected chi connectivity index (χ3v) is 6.49. The van der Waals surface area contributed by atoms with Gasteiger partial charge in [0.05, 0.1) is 19.0 Å². The Hall–Kier alpha value is -3.07. The van der Waals surface area contributed by atoms with Gasteiger partial charge in [0, 0.05) is 37.3 Å². The van der Waals surface area contributed by atoms with Crippen molar-refractivity contribution in [3.05, 3.63) is 41.0 Å². The molecular weight excluding hydrogens is 430 g/mol. The predicted molar refractivity (Wildman–Crippen MR) is 122 cm³/mol. The van der Waals surface area contributed by atoms with E-state index in [1.807, 2.05) is 32.2 Å². The summed E-state index contributed by atoms with van der Waals surface area (Å²) in [4.78, 5) is 6.96. The lowest BCUT2D eigenvalue weighted by Gasteiger charge is -2.39. The molecule has 32 heavy (non-hydrogen) atoms. The molecule has 0 radical (unpaired) electrons. The molecule has 2 fully saturated rings. The molecule has 2 bridgehead atoms. The van der Waals surface area contributed by atoms with Gasteiger partial charge in [-0.05, 0) is 55.4 Å². The predicted octanol–water partition coefficient (Wildman–Crippen LogP) is 3.69. The average molecular weight is 456 g/mol. The molecule has 10 heteroatoms. The van der Waals surface area contributed by atoms with Crippen LogP contribution in [0.2, 0.25) is 5.02 Å². The number of piperidine rings is 1. The Morgan fingerprint density at radius 3 is 2.62 bits per heavy atom. The summed E-state index contributed by atoms with van der Waals surface area (Å²) >= 11 is 6.15. The summed E-state index contributed by atoms with van der Waals surface area (Å²) in [7, 11) is 3.44. The summed E-state index contributed by atoms with van der Waals surface area (Å²) in [6.45, 7) is 3.87. The molecule has 9 nitrogen and oxygen atoms in total. The van der Waals surface area contributed by atoms with Crippen molar-refractivity contribution in [2.24, 2.45) is 18.9 Å². The topological polar surface area (TPSA) is 90.2 Å². The van der Waals surface area contributed by atoms with E-state index in [4.69, 9.17) is 21.1 Å². The highest BCUT2D eigenvalue weighted by Crippen LogP contribution is 2.40. The minimum absolute atomic E-state index is 0.326. The fourth-order valence-corrected chi connectivity index (χ4v) is 5.10. The number of benzene rings is 1. The number of rotatable bonds is 6. The highest BCUT2D eigenvalue weighted by molar-refractivity contribution is 6.30. The van der Waals surface area contributed by atoms with Crippen molar-refractivity contribution in [2.75, 3.05) is 30.4 Å². The van der Waals surface area contributed by atoms with Crippen molar-refractivity contribution in [2.45, 2.75) is 25.8 Å². The highest BCUT2D eigenvalue weighted by Gasteiger charge is 2.42. The van der Waals surface area contributed by atoms with E-state index < -0.39 is 0 Å². The van der Waals surface area contributed by atoms with Gasteiger partial charge in [-0.3, -0.25) is 0 Å². The van der Waals surface area contributed by atoms with Gasteiger partial charge in [-0.15, -0.1) is 10.2 Å². The van der Waals surface area contributed by atoms with Crippen molar-refractivity contribution < 1.29 is 9.47 Å². The summed E-state index contributed by atoms with van der Waals surface area (Å²) in [5.74, 6) is 2.76. The van der Waals surface area contributed by atoms with Crippen LogP contribution in [-0.4, -0.2) is 51.2 Å². The number of nitrogens with one attached hydrogen (secondary N) is 1.